The molecule has 0 radical (unpaired) electrons. The lowest BCUT2D eigenvalue weighted by Crippen LogP contribution is -2.44. The molecule has 1 aliphatic heterocycles. The van der Waals surface area contributed by atoms with E-state index >= 15 is 0 Å². The van der Waals surface area contributed by atoms with Gasteiger partial charge in [0.1, 0.15) is 0 Å². The highest BCUT2D eigenvalue weighted by molar-refractivity contribution is 9.10. The van der Waals surface area contributed by atoms with E-state index in [1.165, 1.54) is 0 Å². The van der Waals surface area contributed by atoms with Crippen molar-refractivity contribution in [2.45, 2.75) is 38.6 Å². The lowest BCUT2D eigenvalue weighted by Gasteiger charge is -2.32. The number of carbonyl (C=O) groups excluding carboxylic acids is 2. The molecule has 4 nitrogen and oxygen atoms in total. The van der Waals surface area contributed by atoms with Crippen LogP contribution >= 0.6 is 15.9 Å². The van der Waals surface area contributed by atoms with Crippen LogP contribution in [-0.2, 0) is 9.59 Å². The first-order valence-electron chi connectivity index (χ1n) is 8.40. The van der Waals surface area contributed by atoms with Crippen molar-refractivity contribution < 1.29 is 9.59 Å². The Hall–Kier alpha value is -1.36. The van der Waals surface area contributed by atoms with E-state index in [0.29, 0.717) is 5.91 Å². The summed E-state index contributed by atoms with van der Waals surface area (Å²) in [4.78, 5) is 26.5. The van der Waals surface area contributed by atoms with Crippen LogP contribution in [0.2, 0.25) is 0 Å². The molecule has 1 saturated heterocycles. The Bertz CT molecular complexity index is 592. The van der Waals surface area contributed by atoms with Crippen molar-refractivity contribution in [3.63, 3.8) is 0 Å². The van der Waals surface area contributed by atoms with Crippen LogP contribution in [0.1, 0.15) is 44.2 Å². The van der Waals surface area contributed by atoms with Crippen LogP contribution in [-0.4, -0.2) is 29.8 Å². The molecular weight excluding hydrogens is 356 g/mol. The maximum absolute atomic E-state index is 12.5. The van der Waals surface area contributed by atoms with Crippen molar-refractivity contribution in [1.82, 2.24) is 10.2 Å². The SMILES string of the molecule is CC(NC(=O)C1CCN(C(=O)C2CC2)CC1)c1ccccc1Br. The van der Waals surface area contributed by atoms with E-state index in [1.54, 1.807) is 0 Å². The van der Waals surface area contributed by atoms with Crippen LogP contribution in [0.3, 0.4) is 0 Å². The van der Waals surface area contributed by atoms with Crippen LogP contribution in [0.5, 0.6) is 0 Å². The Morgan fingerprint density at radius 3 is 2.39 bits per heavy atom. The van der Waals surface area contributed by atoms with Gasteiger partial charge in [-0.05, 0) is 44.2 Å². The molecule has 2 amide bonds. The van der Waals surface area contributed by atoms with Gasteiger partial charge in [-0.1, -0.05) is 34.1 Å². The van der Waals surface area contributed by atoms with Gasteiger partial charge < -0.3 is 10.2 Å². The first kappa shape index (κ1) is 16.5. The molecule has 1 atom stereocenters. The number of piperidine rings is 1. The Kier molecular flexibility index (Phi) is 5.05. The van der Waals surface area contributed by atoms with Crippen LogP contribution in [0.4, 0.5) is 0 Å². The Morgan fingerprint density at radius 2 is 1.78 bits per heavy atom. The number of carbonyl (C=O) groups is 2. The lowest BCUT2D eigenvalue weighted by atomic mass is 9.95. The first-order valence-corrected chi connectivity index (χ1v) is 9.19. The maximum atomic E-state index is 12.5. The highest BCUT2D eigenvalue weighted by Gasteiger charge is 2.36. The van der Waals surface area contributed by atoms with Crippen molar-refractivity contribution in [2.24, 2.45) is 11.8 Å². The third-order valence-corrected chi connectivity index (χ3v) is 5.56. The Labute approximate surface area is 145 Å². The van der Waals surface area contributed by atoms with Crippen LogP contribution in [0.25, 0.3) is 0 Å². The van der Waals surface area contributed by atoms with E-state index in [0.717, 1.165) is 48.8 Å². The number of likely N-dealkylation sites (tertiary alicyclic amines) is 1. The normalized spacial score (nSPS) is 20.2. The summed E-state index contributed by atoms with van der Waals surface area (Å²) in [5.74, 6) is 0.691. The highest BCUT2D eigenvalue weighted by atomic mass is 79.9. The fourth-order valence-electron chi connectivity index (χ4n) is 3.19. The number of hydrogen-bond acceptors (Lipinski definition) is 2. The monoisotopic (exact) mass is 378 g/mol. The number of benzene rings is 1. The van der Waals surface area contributed by atoms with Gasteiger partial charge in [-0.2, -0.15) is 0 Å². The topological polar surface area (TPSA) is 49.4 Å². The van der Waals surface area contributed by atoms with Gasteiger partial charge in [-0.25, -0.2) is 0 Å². The summed E-state index contributed by atoms with van der Waals surface area (Å²) in [7, 11) is 0. The second kappa shape index (κ2) is 7.04. The van der Waals surface area contributed by atoms with E-state index in [4.69, 9.17) is 0 Å². The van der Waals surface area contributed by atoms with E-state index in [9.17, 15) is 9.59 Å². The minimum Gasteiger partial charge on any atom is -0.349 e. The van der Waals surface area contributed by atoms with E-state index in [-0.39, 0.29) is 23.8 Å². The molecule has 3 rings (SSSR count). The van der Waals surface area contributed by atoms with Gasteiger partial charge >= 0.3 is 0 Å². The van der Waals surface area contributed by atoms with Gasteiger partial charge in [0.05, 0.1) is 6.04 Å². The third-order valence-electron chi connectivity index (χ3n) is 4.83. The number of rotatable bonds is 4. The van der Waals surface area contributed by atoms with Crippen molar-refractivity contribution in [2.75, 3.05) is 13.1 Å². The minimum absolute atomic E-state index is 0.0168. The fourth-order valence-corrected chi connectivity index (χ4v) is 3.81. The van der Waals surface area contributed by atoms with Gasteiger partial charge in [0.15, 0.2) is 0 Å². The van der Waals surface area contributed by atoms with Gasteiger partial charge in [-0.15, -0.1) is 0 Å². The zero-order valence-electron chi connectivity index (χ0n) is 13.4. The predicted octanol–water partition coefficient (Wildman–Crippen LogP) is 3.27. The largest absolute Gasteiger partial charge is 0.349 e. The number of nitrogens with zero attached hydrogens (tertiary/aromatic N) is 1. The average Bonchev–Trinajstić information content (AvgIpc) is 3.39. The first-order chi connectivity index (χ1) is 11.1. The molecule has 1 N–H and O–H groups in total. The predicted molar refractivity (Wildman–Crippen MR) is 92.7 cm³/mol. The number of halogens is 1. The second-order valence-electron chi connectivity index (χ2n) is 6.63. The van der Waals surface area contributed by atoms with E-state index in [2.05, 4.69) is 21.2 Å². The van der Waals surface area contributed by atoms with Crippen molar-refractivity contribution in [1.29, 1.82) is 0 Å². The molecule has 2 fully saturated rings. The van der Waals surface area contributed by atoms with Crippen molar-refractivity contribution >= 4 is 27.7 Å². The molecule has 1 saturated carbocycles. The lowest BCUT2D eigenvalue weighted by molar-refractivity contribution is -0.136. The fraction of sp³-hybridized carbons (Fsp3) is 0.556. The Balaban J connectivity index is 1.51. The number of hydrogen-bond donors (Lipinski definition) is 1. The molecule has 1 aliphatic carbocycles. The average molecular weight is 379 g/mol. The summed E-state index contributed by atoms with van der Waals surface area (Å²) < 4.78 is 1.01. The van der Waals surface area contributed by atoms with E-state index < -0.39 is 0 Å². The summed E-state index contributed by atoms with van der Waals surface area (Å²) in [6, 6.07) is 7.93. The van der Waals surface area contributed by atoms with Crippen LogP contribution in [0, 0.1) is 11.8 Å². The minimum atomic E-state index is -0.0239. The quantitative estimate of drug-likeness (QED) is 0.873. The molecule has 124 valence electrons. The zero-order chi connectivity index (χ0) is 16.4. The third kappa shape index (κ3) is 3.94. The highest BCUT2D eigenvalue weighted by Crippen LogP contribution is 2.32. The standard InChI is InChI=1S/C18H23BrN2O2/c1-12(15-4-2-3-5-16(15)19)20-17(22)13-8-10-21(11-9-13)18(23)14-6-7-14/h2-5,12-14H,6-11H2,1H3,(H,20,22). The van der Waals surface area contributed by atoms with Crippen molar-refractivity contribution in [3.8, 4) is 0 Å². The number of amides is 2. The Morgan fingerprint density at radius 1 is 1.13 bits per heavy atom. The summed E-state index contributed by atoms with van der Waals surface area (Å²) in [6.07, 6.45) is 3.63. The maximum Gasteiger partial charge on any atom is 0.225 e. The molecule has 5 heteroatoms. The zero-order valence-corrected chi connectivity index (χ0v) is 15.0. The van der Waals surface area contributed by atoms with Gasteiger partial charge in [0.25, 0.3) is 0 Å². The van der Waals surface area contributed by atoms with E-state index in [1.807, 2.05) is 36.1 Å². The van der Waals surface area contributed by atoms with Gasteiger partial charge in [0, 0.05) is 29.4 Å². The summed E-state index contributed by atoms with van der Waals surface area (Å²) >= 11 is 3.53. The van der Waals surface area contributed by atoms with Gasteiger partial charge in [-0.3, -0.25) is 9.59 Å². The molecule has 1 aromatic carbocycles. The molecule has 0 spiro atoms. The molecule has 0 aromatic heterocycles. The molecule has 1 aromatic rings. The number of nitrogens with one attached hydrogen (secondary N) is 1. The smallest absolute Gasteiger partial charge is 0.225 e. The second-order valence-corrected chi connectivity index (χ2v) is 7.48. The molecule has 23 heavy (non-hydrogen) atoms. The molecule has 1 unspecified atom stereocenters. The summed E-state index contributed by atoms with van der Waals surface area (Å²) in [5.41, 5.74) is 1.09. The molecular formula is C18H23BrN2O2. The molecule has 1 heterocycles. The van der Waals surface area contributed by atoms with Gasteiger partial charge in [0.2, 0.25) is 11.8 Å². The summed E-state index contributed by atoms with van der Waals surface area (Å²) in [6.45, 7) is 3.44. The van der Waals surface area contributed by atoms with Crippen LogP contribution < -0.4 is 5.32 Å². The van der Waals surface area contributed by atoms with Crippen LogP contribution in [0.15, 0.2) is 28.7 Å². The molecule has 2 aliphatic rings. The van der Waals surface area contributed by atoms with Crippen molar-refractivity contribution in [3.05, 3.63) is 34.3 Å². The molecule has 0 bridgehead atoms. The summed E-state index contributed by atoms with van der Waals surface area (Å²) in [5, 5.41) is 3.11.